The summed E-state index contributed by atoms with van der Waals surface area (Å²) in [7, 11) is 1.46. The van der Waals surface area contributed by atoms with Gasteiger partial charge in [0.15, 0.2) is 11.2 Å². The minimum atomic E-state index is -4.90. The van der Waals surface area contributed by atoms with Gasteiger partial charge in [-0.05, 0) is 29.8 Å². The molecule has 0 atom stereocenters. The van der Waals surface area contributed by atoms with Crippen molar-refractivity contribution >= 4 is 22.8 Å². The average Bonchev–Trinajstić information content (AvgIpc) is 3.54. The second-order valence-electron chi connectivity index (χ2n) is 9.22. The second kappa shape index (κ2) is 10.9. The van der Waals surface area contributed by atoms with Crippen LogP contribution in [-0.4, -0.2) is 30.8 Å². The van der Waals surface area contributed by atoms with Crippen molar-refractivity contribution in [3.8, 4) is 17.5 Å². The van der Waals surface area contributed by atoms with Crippen LogP contribution in [0, 0.1) is 0 Å². The molecule has 0 bridgehead atoms. The molecule has 5 rings (SSSR count). The number of aromatic nitrogens is 4. The van der Waals surface area contributed by atoms with Gasteiger partial charge in [0.05, 0.1) is 6.54 Å². The van der Waals surface area contributed by atoms with Crippen molar-refractivity contribution in [2.75, 3.05) is 0 Å². The van der Waals surface area contributed by atoms with E-state index in [1.165, 1.54) is 40.8 Å². The van der Waals surface area contributed by atoms with Crippen LogP contribution < -0.4 is 20.7 Å². The van der Waals surface area contributed by atoms with Crippen LogP contribution in [0.25, 0.3) is 11.2 Å². The fraction of sp³-hybridized carbons (Fsp3) is 0.296. The Bertz CT molecular complexity index is 1720. The molecule has 41 heavy (non-hydrogen) atoms. The van der Waals surface area contributed by atoms with Gasteiger partial charge in [-0.3, -0.25) is 18.5 Å². The number of aryl methyl sites for hydroxylation is 1. The number of rotatable bonds is 9. The van der Waals surface area contributed by atoms with Crippen LogP contribution in [0.3, 0.4) is 0 Å². The van der Waals surface area contributed by atoms with Crippen molar-refractivity contribution in [2.45, 2.75) is 45.0 Å². The Morgan fingerprint density at radius 3 is 2.37 bits per heavy atom. The highest BCUT2D eigenvalue weighted by atomic mass is 35.5. The van der Waals surface area contributed by atoms with Crippen molar-refractivity contribution in [1.29, 1.82) is 0 Å². The number of hydrogen-bond donors (Lipinski definition) is 0. The Morgan fingerprint density at radius 2 is 1.71 bits per heavy atom. The summed E-state index contributed by atoms with van der Waals surface area (Å²) in [5.74, 6) is -1.53. The fourth-order valence-corrected chi connectivity index (χ4v) is 4.59. The number of fused-ring (bicyclic) bond motifs is 1. The molecule has 10 nitrogen and oxygen atoms in total. The summed E-state index contributed by atoms with van der Waals surface area (Å²) in [6.07, 6.45) is -1.40. The lowest BCUT2D eigenvalue weighted by Gasteiger charge is -2.26. The van der Waals surface area contributed by atoms with E-state index in [4.69, 9.17) is 25.8 Å². The summed E-state index contributed by atoms with van der Waals surface area (Å²) >= 11 is 6.03. The van der Waals surface area contributed by atoms with Crippen LogP contribution in [0.2, 0.25) is 5.02 Å². The molecule has 0 saturated carbocycles. The van der Waals surface area contributed by atoms with Crippen LogP contribution in [0.1, 0.15) is 25.3 Å². The molecule has 0 fully saturated rings. The molecule has 0 amide bonds. The SMILES string of the molecule is CCC1(CCn2c(=O)c3c(nc(Oc4cccc(OC(F)(F)F)c4)n3Cc3ccc(Cl)cc3)n(C)c2=O)OC=CO1. The largest absolute Gasteiger partial charge is 0.573 e. The molecule has 3 heterocycles. The topological polar surface area (TPSA) is 98.7 Å². The van der Waals surface area contributed by atoms with E-state index in [-0.39, 0.29) is 42.4 Å². The van der Waals surface area contributed by atoms with Crippen molar-refractivity contribution < 1.29 is 32.1 Å². The molecule has 14 heteroatoms. The number of benzene rings is 2. The number of ether oxygens (including phenoxy) is 4. The van der Waals surface area contributed by atoms with E-state index in [0.717, 1.165) is 22.3 Å². The predicted molar refractivity (Wildman–Crippen MR) is 142 cm³/mol. The van der Waals surface area contributed by atoms with Gasteiger partial charge in [-0.1, -0.05) is 36.7 Å². The first kappa shape index (κ1) is 28.1. The smallest absolute Gasteiger partial charge is 0.457 e. The number of hydrogen-bond acceptors (Lipinski definition) is 7. The number of halogens is 4. The Balaban J connectivity index is 1.60. The molecule has 1 aliphatic heterocycles. The fourth-order valence-electron chi connectivity index (χ4n) is 4.46. The highest BCUT2D eigenvalue weighted by molar-refractivity contribution is 6.30. The second-order valence-corrected chi connectivity index (χ2v) is 9.66. The zero-order valence-corrected chi connectivity index (χ0v) is 22.6. The van der Waals surface area contributed by atoms with Gasteiger partial charge < -0.3 is 18.9 Å². The highest BCUT2D eigenvalue weighted by Gasteiger charge is 2.34. The molecule has 0 saturated heterocycles. The van der Waals surface area contributed by atoms with E-state index in [1.807, 2.05) is 6.92 Å². The van der Waals surface area contributed by atoms with Crippen LogP contribution in [0.5, 0.6) is 17.5 Å². The van der Waals surface area contributed by atoms with Gasteiger partial charge in [0.1, 0.15) is 24.0 Å². The van der Waals surface area contributed by atoms with Gasteiger partial charge in [-0.25, -0.2) is 4.79 Å². The summed E-state index contributed by atoms with van der Waals surface area (Å²) in [6, 6.07) is 11.6. The first-order valence-electron chi connectivity index (χ1n) is 12.5. The molecule has 0 aliphatic carbocycles. The quantitative estimate of drug-likeness (QED) is 0.260. The van der Waals surface area contributed by atoms with Gasteiger partial charge >= 0.3 is 18.1 Å². The number of nitrogens with zero attached hydrogens (tertiary/aromatic N) is 4. The number of alkyl halides is 3. The summed E-state index contributed by atoms with van der Waals surface area (Å²) < 4.78 is 63.0. The van der Waals surface area contributed by atoms with E-state index in [2.05, 4.69) is 9.72 Å². The highest BCUT2D eigenvalue weighted by Crippen LogP contribution is 2.31. The lowest BCUT2D eigenvalue weighted by molar-refractivity contribution is -0.274. The maximum Gasteiger partial charge on any atom is 0.573 e. The van der Waals surface area contributed by atoms with Crippen molar-refractivity contribution in [3.05, 3.63) is 92.5 Å². The molecule has 0 unspecified atom stereocenters. The van der Waals surface area contributed by atoms with Gasteiger partial charge in [0.25, 0.3) is 11.3 Å². The summed E-state index contributed by atoms with van der Waals surface area (Å²) in [6.45, 7) is 1.91. The molecule has 0 N–H and O–H groups in total. The first-order chi connectivity index (χ1) is 19.5. The van der Waals surface area contributed by atoms with Gasteiger partial charge in [-0.2, -0.15) is 4.98 Å². The molecule has 0 radical (unpaired) electrons. The maximum atomic E-state index is 13.8. The minimum Gasteiger partial charge on any atom is -0.457 e. The Labute approximate surface area is 235 Å². The Morgan fingerprint density at radius 1 is 1.02 bits per heavy atom. The predicted octanol–water partition coefficient (Wildman–Crippen LogP) is 5.30. The van der Waals surface area contributed by atoms with Crippen molar-refractivity contribution in [2.24, 2.45) is 7.05 Å². The van der Waals surface area contributed by atoms with Gasteiger partial charge in [0.2, 0.25) is 0 Å². The molecule has 1 aliphatic rings. The maximum absolute atomic E-state index is 13.8. The van der Waals surface area contributed by atoms with Crippen LogP contribution >= 0.6 is 11.6 Å². The van der Waals surface area contributed by atoms with Gasteiger partial charge in [-0.15, -0.1) is 13.2 Å². The van der Waals surface area contributed by atoms with E-state index >= 15 is 0 Å². The van der Waals surface area contributed by atoms with Crippen molar-refractivity contribution in [1.82, 2.24) is 18.7 Å². The third-order valence-electron chi connectivity index (χ3n) is 6.58. The standard InChI is InChI=1S/C27H24ClF3N4O6/c1-3-26(38-13-14-39-26)11-12-34-23(36)21-22(33(2)25(34)37)32-24(35(21)16-17-7-9-18(28)10-8-17)40-19-5-4-6-20(15-19)41-27(29,30)31/h4-10,13-15H,3,11-12,16H2,1-2H3. The summed E-state index contributed by atoms with van der Waals surface area (Å²) in [5, 5.41) is 0.502. The number of imidazole rings is 1. The third-order valence-corrected chi connectivity index (χ3v) is 6.83. The molecule has 2 aromatic heterocycles. The van der Waals surface area contributed by atoms with Gasteiger partial charge in [0, 0.05) is 37.5 Å². The molecular weight excluding hydrogens is 569 g/mol. The van der Waals surface area contributed by atoms with Crippen LogP contribution in [0.4, 0.5) is 13.2 Å². The summed E-state index contributed by atoms with van der Waals surface area (Å²) in [4.78, 5) is 31.5. The lowest BCUT2D eigenvalue weighted by atomic mass is 10.1. The lowest BCUT2D eigenvalue weighted by Crippen LogP contribution is -2.42. The van der Waals surface area contributed by atoms with E-state index in [0.29, 0.717) is 11.4 Å². The average molecular weight is 593 g/mol. The van der Waals surface area contributed by atoms with Crippen molar-refractivity contribution in [3.63, 3.8) is 0 Å². The molecule has 216 valence electrons. The Kier molecular flexibility index (Phi) is 7.47. The third kappa shape index (κ3) is 5.89. The zero-order chi connectivity index (χ0) is 29.4. The molecule has 4 aromatic rings. The molecule has 2 aromatic carbocycles. The van der Waals surface area contributed by atoms with Crippen LogP contribution in [0.15, 0.2) is 70.6 Å². The molecular formula is C27H24ClF3N4O6. The van der Waals surface area contributed by atoms with E-state index < -0.39 is 29.1 Å². The van der Waals surface area contributed by atoms with E-state index in [1.54, 1.807) is 24.3 Å². The van der Waals surface area contributed by atoms with Crippen LogP contribution in [-0.2, 0) is 29.6 Å². The Hall–Kier alpha value is -4.39. The normalized spacial score (nSPS) is 14.2. The minimum absolute atomic E-state index is 0.0177. The van der Waals surface area contributed by atoms with E-state index in [9.17, 15) is 22.8 Å². The molecule has 0 spiro atoms. The summed E-state index contributed by atoms with van der Waals surface area (Å²) in [5.41, 5.74) is -0.454. The zero-order valence-electron chi connectivity index (χ0n) is 21.9. The monoisotopic (exact) mass is 592 g/mol. The first-order valence-corrected chi connectivity index (χ1v) is 12.9.